The SMILES string of the molecule is CC(NC(=O)C(Cc1ccccc1)C(N)=S)C1CCOC1. The molecule has 1 aliphatic heterocycles. The van der Waals surface area contributed by atoms with E-state index >= 15 is 0 Å². The van der Waals surface area contributed by atoms with Crippen molar-refractivity contribution in [1.82, 2.24) is 5.32 Å². The zero-order chi connectivity index (χ0) is 15.2. The number of thiocarbonyl (C=S) groups is 1. The molecule has 1 aromatic carbocycles. The maximum Gasteiger partial charge on any atom is 0.230 e. The minimum absolute atomic E-state index is 0.0765. The molecule has 1 aliphatic rings. The van der Waals surface area contributed by atoms with E-state index in [4.69, 9.17) is 22.7 Å². The minimum Gasteiger partial charge on any atom is -0.393 e. The van der Waals surface area contributed by atoms with Crippen molar-refractivity contribution in [3.63, 3.8) is 0 Å². The van der Waals surface area contributed by atoms with Crippen LogP contribution in [0.15, 0.2) is 30.3 Å². The lowest BCUT2D eigenvalue weighted by Crippen LogP contribution is -2.45. The van der Waals surface area contributed by atoms with E-state index in [1.807, 2.05) is 37.3 Å². The highest BCUT2D eigenvalue weighted by atomic mass is 32.1. The molecule has 2 rings (SSSR count). The molecule has 0 radical (unpaired) electrons. The first-order chi connectivity index (χ1) is 10.1. The number of nitrogens with two attached hydrogens (primary N) is 1. The second-order valence-corrected chi connectivity index (χ2v) is 6.04. The van der Waals surface area contributed by atoms with E-state index in [0.717, 1.165) is 18.6 Å². The molecule has 0 aromatic heterocycles. The molecule has 3 atom stereocenters. The van der Waals surface area contributed by atoms with Crippen LogP contribution in [0, 0.1) is 11.8 Å². The average Bonchev–Trinajstić information content (AvgIpc) is 2.99. The third-order valence-corrected chi connectivity index (χ3v) is 4.27. The van der Waals surface area contributed by atoms with Gasteiger partial charge in [0.1, 0.15) is 0 Å². The fourth-order valence-electron chi connectivity index (χ4n) is 2.56. The zero-order valence-corrected chi connectivity index (χ0v) is 13.1. The molecule has 114 valence electrons. The molecule has 3 N–H and O–H groups in total. The summed E-state index contributed by atoms with van der Waals surface area (Å²) in [5, 5.41) is 3.04. The predicted molar refractivity (Wildman–Crippen MR) is 87.0 cm³/mol. The van der Waals surface area contributed by atoms with E-state index in [2.05, 4.69) is 5.32 Å². The zero-order valence-electron chi connectivity index (χ0n) is 12.2. The van der Waals surface area contributed by atoms with Crippen LogP contribution in [-0.4, -0.2) is 30.2 Å². The van der Waals surface area contributed by atoms with Crippen molar-refractivity contribution in [3.8, 4) is 0 Å². The Morgan fingerprint density at radius 3 is 2.76 bits per heavy atom. The van der Waals surface area contributed by atoms with E-state index in [0.29, 0.717) is 18.9 Å². The van der Waals surface area contributed by atoms with Gasteiger partial charge in [-0.15, -0.1) is 0 Å². The van der Waals surface area contributed by atoms with Gasteiger partial charge in [-0.2, -0.15) is 0 Å². The maximum absolute atomic E-state index is 12.4. The monoisotopic (exact) mass is 306 g/mol. The Kier molecular flexibility index (Phi) is 5.70. The van der Waals surface area contributed by atoms with Crippen LogP contribution in [0.5, 0.6) is 0 Å². The Hall–Kier alpha value is -1.46. The number of carbonyl (C=O) groups excluding carboxylic acids is 1. The topological polar surface area (TPSA) is 64.4 Å². The summed E-state index contributed by atoms with van der Waals surface area (Å²) in [5.41, 5.74) is 6.82. The van der Waals surface area contributed by atoms with Crippen molar-refractivity contribution in [2.75, 3.05) is 13.2 Å². The smallest absolute Gasteiger partial charge is 0.230 e. The van der Waals surface area contributed by atoms with Gasteiger partial charge >= 0.3 is 0 Å². The normalized spacial score (nSPS) is 20.7. The van der Waals surface area contributed by atoms with Crippen LogP contribution in [-0.2, 0) is 16.0 Å². The number of hydrogen-bond donors (Lipinski definition) is 2. The van der Waals surface area contributed by atoms with Crippen molar-refractivity contribution < 1.29 is 9.53 Å². The number of hydrogen-bond acceptors (Lipinski definition) is 3. The molecule has 3 unspecified atom stereocenters. The summed E-state index contributed by atoms with van der Waals surface area (Å²) in [6, 6.07) is 9.87. The summed E-state index contributed by atoms with van der Waals surface area (Å²) in [6.07, 6.45) is 1.52. The van der Waals surface area contributed by atoms with Crippen LogP contribution in [0.3, 0.4) is 0 Å². The molecule has 1 fully saturated rings. The highest BCUT2D eigenvalue weighted by Crippen LogP contribution is 2.17. The van der Waals surface area contributed by atoms with Crippen molar-refractivity contribution in [3.05, 3.63) is 35.9 Å². The van der Waals surface area contributed by atoms with E-state index in [1.165, 1.54) is 0 Å². The Morgan fingerprint density at radius 2 is 2.19 bits per heavy atom. The molecule has 1 saturated heterocycles. The van der Waals surface area contributed by atoms with Gasteiger partial charge in [0.2, 0.25) is 5.91 Å². The molecule has 0 saturated carbocycles. The molecule has 0 spiro atoms. The first-order valence-electron chi connectivity index (χ1n) is 7.29. The van der Waals surface area contributed by atoms with Crippen LogP contribution >= 0.6 is 12.2 Å². The summed E-state index contributed by atoms with van der Waals surface area (Å²) >= 11 is 5.07. The highest BCUT2D eigenvalue weighted by Gasteiger charge is 2.27. The fourth-order valence-corrected chi connectivity index (χ4v) is 2.75. The van der Waals surface area contributed by atoms with E-state index in [9.17, 15) is 4.79 Å². The van der Waals surface area contributed by atoms with Gasteiger partial charge in [0.15, 0.2) is 0 Å². The van der Waals surface area contributed by atoms with Crippen LogP contribution < -0.4 is 11.1 Å². The Balaban J connectivity index is 1.97. The summed E-state index contributed by atoms with van der Waals surface area (Å²) in [5.74, 6) is -0.185. The van der Waals surface area contributed by atoms with E-state index < -0.39 is 5.92 Å². The highest BCUT2D eigenvalue weighted by molar-refractivity contribution is 7.80. The fraction of sp³-hybridized carbons (Fsp3) is 0.500. The Morgan fingerprint density at radius 1 is 1.48 bits per heavy atom. The second-order valence-electron chi connectivity index (χ2n) is 5.57. The lowest BCUT2D eigenvalue weighted by Gasteiger charge is -2.23. The minimum atomic E-state index is -0.466. The van der Waals surface area contributed by atoms with Gasteiger partial charge < -0.3 is 15.8 Å². The van der Waals surface area contributed by atoms with Crippen LogP contribution in [0.25, 0.3) is 0 Å². The van der Waals surface area contributed by atoms with Crippen molar-refractivity contribution in [2.24, 2.45) is 17.6 Å². The molecule has 0 bridgehead atoms. The number of ether oxygens (including phenoxy) is 1. The van der Waals surface area contributed by atoms with Crippen molar-refractivity contribution >= 4 is 23.1 Å². The Bertz CT molecular complexity index is 486. The maximum atomic E-state index is 12.4. The van der Waals surface area contributed by atoms with Gasteiger partial charge in [0.25, 0.3) is 0 Å². The number of benzene rings is 1. The number of rotatable bonds is 6. The van der Waals surface area contributed by atoms with Crippen LogP contribution in [0.4, 0.5) is 0 Å². The van der Waals surface area contributed by atoms with Crippen molar-refractivity contribution in [1.29, 1.82) is 0 Å². The third-order valence-electron chi connectivity index (χ3n) is 3.98. The van der Waals surface area contributed by atoms with Crippen LogP contribution in [0.1, 0.15) is 18.9 Å². The lowest BCUT2D eigenvalue weighted by molar-refractivity contribution is -0.123. The molecule has 5 heteroatoms. The van der Waals surface area contributed by atoms with Gasteiger partial charge in [-0.05, 0) is 25.3 Å². The van der Waals surface area contributed by atoms with Gasteiger partial charge in [-0.1, -0.05) is 42.5 Å². The van der Waals surface area contributed by atoms with Crippen molar-refractivity contribution in [2.45, 2.75) is 25.8 Å². The average molecular weight is 306 g/mol. The Labute approximate surface area is 131 Å². The van der Waals surface area contributed by atoms with Gasteiger partial charge in [-0.3, -0.25) is 4.79 Å². The molecular formula is C16H22N2O2S. The number of nitrogens with one attached hydrogen (secondary N) is 1. The molecule has 21 heavy (non-hydrogen) atoms. The number of carbonyl (C=O) groups is 1. The molecular weight excluding hydrogens is 284 g/mol. The summed E-state index contributed by atoms with van der Waals surface area (Å²) in [6.45, 7) is 3.49. The third kappa shape index (κ3) is 4.51. The lowest BCUT2D eigenvalue weighted by atomic mass is 9.96. The summed E-state index contributed by atoms with van der Waals surface area (Å²) in [4.78, 5) is 12.7. The van der Waals surface area contributed by atoms with E-state index in [1.54, 1.807) is 0 Å². The van der Waals surface area contributed by atoms with E-state index in [-0.39, 0.29) is 16.9 Å². The first-order valence-corrected chi connectivity index (χ1v) is 7.70. The molecule has 0 aliphatic carbocycles. The number of amides is 1. The molecule has 4 nitrogen and oxygen atoms in total. The largest absolute Gasteiger partial charge is 0.393 e. The van der Waals surface area contributed by atoms with Gasteiger partial charge in [-0.25, -0.2) is 0 Å². The first kappa shape index (κ1) is 15.9. The molecule has 1 amide bonds. The predicted octanol–water partition coefficient (Wildman–Crippen LogP) is 1.67. The van der Waals surface area contributed by atoms with Gasteiger partial charge in [0.05, 0.1) is 17.5 Å². The molecule has 1 aromatic rings. The quantitative estimate of drug-likeness (QED) is 0.785. The van der Waals surface area contributed by atoms with Crippen LogP contribution in [0.2, 0.25) is 0 Å². The summed E-state index contributed by atoms with van der Waals surface area (Å²) in [7, 11) is 0. The standard InChI is InChI=1S/C16H22N2O2S/c1-11(13-7-8-20-10-13)18-16(19)14(15(17)21)9-12-5-3-2-4-6-12/h2-6,11,13-14H,7-10H2,1H3,(H2,17,21)(H,18,19). The molecule has 1 heterocycles. The second kappa shape index (κ2) is 7.52. The summed E-state index contributed by atoms with van der Waals surface area (Å²) < 4.78 is 5.36. The van der Waals surface area contributed by atoms with Gasteiger partial charge in [0, 0.05) is 18.6 Å².